The predicted octanol–water partition coefficient (Wildman–Crippen LogP) is 3.30. The largest absolute Gasteiger partial charge is 0.329 e. The maximum Gasteiger partial charge on any atom is 0.329 e. The predicted molar refractivity (Wildman–Crippen MR) is 117 cm³/mol. The number of aromatic nitrogens is 1. The summed E-state index contributed by atoms with van der Waals surface area (Å²) >= 11 is 0. The topological polar surface area (TPSA) is 64.1 Å². The Labute approximate surface area is 180 Å². The lowest BCUT2D eigenvalue weighted by Gasteiger charge is -2.28. The number of halogens is 1. The number of likely N-dealkylation sites (tertiary alicyclic amines) is 1. The van der Waals surface area contributed by atoms with Crippen LogP contribution in [-0.2, 0) is 6.54 Å². The molecule has 1 N–H and O–H groups in total. The molecule has 2 unspecified atom stereocenters. The molecule has 2 amide bonds. The van der Waals surface area contributed by atoms with E-state index in [9.17, 15) is 9.18 Å². The Balaban J connectivity index is 1.35. The number of amidine groups is 1. The average Bonchev–Trinajstić information content (AvgIpc) is 3.32. The number of urea groups is 1. The van der Waals surface area contributed by atoms with E-state index in [4.69, 9.17) is 4.99 Å². The van der Waals surface area contributed by atoms with Crippen molar-refractivity contribution in [2.24, 2.45) is 16.8 Å². The number of amides is 2. The Morgan fingerprint density at radius 3 is 2.90 bits per heavy atom. The van der Waals surface area contributed by atoms with Gasteiger partial charge in [0.25, 0.3) is 0 Å². The van der Waals surface area contributed by atoms with Gasteiger partial charge in [-0.2, -0.15) is 0 Å². The Kier molecular flexibility index (Phi) is 4.94. The number of aryl methyl sites for hydroxylation is 1. The number of aliphatic imine (C=N–C) groups is 1. The van der Waals surface area contributed by atoms with Crippen molar-refractivity contribution in [1.29, 1.82) is 0 Å². The van der Waals surface area contributed by atoms with Crippen molar-refractivity contribution in [1.82, 2.24) is 20.1 Å². The first-order chi connectivity index (χ1) is 15.0. The molecular weight excluding hydrogens is 395 g/mol. The fraction of sp³-hybridized carbons (Fsp3) is 0.348. The van der Waals surface area contributed by atoms with Crippen LogP contribution in [0.5, 0.6) is 0 Å². The second kappa shape index (κ2) is 7.77. The van der Waals surface area contributed by atoms with Gasteiger partial charge in [-0.3, -0.25) is 20.1 Å². The lowest BCUT2D eigenvalue weighted by Crippen LogP contribution is -2.49. The van der Waals surface area contributed by atoms with Crippen molar-refractivity contribution in [3.63, 3.8) is 0 Å². The first-order valence-electron chi connectivity index (χ1n) is 10.5. The van der Waals surface area contributed by atoms with E-state index in [1.54, 1.807) is 17.2 Å². The third-order valence-electron chi connectivity index (χ3n) is 6.19. The number of hydrogen-bond acceptors (Lipinski definition) is 5. The molecule has 3 aliphatic heterocycles. The minimum absolute atomic E-state index is 0.158. The molecule has 8 heteroatoms. The lowest BCUT2D eigenvalue weighted by atomic mass is 9.96. The fourth-order valence-corrected chi connectivity index (χ4v) is 4.63. The molecule has 5 rings (SSSR count). The minimum atomic E-state index is -0.269. The summed E-state index contributed by atoms with van der Waals surface area (Å²) in [5.74, 6) is 1.62. The zero-order valence-electron chi connectivity index (χ0n) is 17.6. The number of fused-ring (bicyclic) bond motifs is 1. The number of anilines is 1. The summed E-state index contributed by atoms with van der Waals surface area (Å²) in [5, 5.41) is 3.01. The highest BCUT2D eigenvalue weighted by Crippen LogP contribution is 2.31. The molecule has 0 spiro atoms. The zero-order valence-corrected chi connectivity index (χ0v) is 17.6. The molecule has 1 aromatic carbocycles. The number of nitrogens with one attached hydrogen (secondary N) is 1. The smallest absolute Gasteiger partial charge is 0.325 e. The molecule has 0 bridgehead atoms. The number of hydrogen-bond donors (Lipinski definition) is 1. The highest BCUT2D eigenvalue weighted by molar-refractivity contribution is 6.02. The quantitative estimate of drug-likeness (QED) is 0.825. The number of pyridine rings is 1. The molecule has 1 fully saturated rings. The van der Waals surface area contributed by atoms with Crippen molar-refractivity contribution in [2.45, 2.75) is 20.4 Å². The second-order valence-corrected chi connectivity index (χ2v) is 8.52. The van der Waals surface area contributed by atoms with Gasteiger partial charge in [-0.1, -0.05) is 13.0 Å². The van der Waals surface area contributed by atoms with Crippen LogP contribution in [0.15, 0.2) is 59.7 Å². The molecule has 31 heavy (non-hydrogen) atoms. The highest BCUT2D eigenvalue weighted by atomic mass is 19.1. The lowest BCUT2D eigenvalue weighted by molar-refractivity contribution is 0.216. The van der Waals surface area contributed by atoms with E-state index >= 15 is 0 Å². The van der Waals surface area contributed by atoms with Gasteiger partial charge >= 0.3 is 6.03 Å². The van der Waals surface area contributed by atoms with E-state index in [2.05, 4.69) is 28.2 Å². The van der Waals surface area contributed by atoms with Gasteiger partial charge in [0.1, 0.15) is 18.3 Å². The van der Waals surface area contributed by atoms with Crippen molar-refractivity contribution in [2.75, 3.05) is 24.7 Å². The normalized spacial score (nSPS) is 23.5. The Morgan fingerprint density at radius 1 is 1.26 bits per heavy atom. The number of nitrogens with zero attached hydrogens (tertiary/aromatic N) is 5. The molecule has 7 nitrogen and oxygen atoms in total. The number of carbonyl (C=O) groups excluding carboxylic acids is 1. The minimum Gasteiger partial charge on any atom is -0.325 e. The van der Waals surface area contributed by atoms with Gasteiger partial charge < -0.3 is 4.90 Å². The van der Waals surface area contributed by atoms with Crippen LogP contribution in [0.4, 0.5) is 14.9 Å². The molecule has 2 atom stereocenters. The van der Waals surface area contributed by atoms with Crippen LogP contribution in [0, 0.1) is 24.6 Å². The Morgan fingerprint density at radius 2 is 2.13 bits per heavy atom. The van der Waals surface area contributed by atoms with Gasteiger partial charge in [0, 0.05) is 49.8 Å². The molecule has 0 aliphatic carbocycles. The maximum atomic E-state index is 13.5. The first-order valence-corrected chi connectivity index (χ1v) is 10.5. The van der Waals surface area contributed by atoms with Crippen LogP contribution in [0.2, 0.25) is 0 Å². The molecule has 3 aliphatic rings. The van der Waals surface area contributed by atoms with E-state index in [-0.39, 0.29) is 17.8 Å². The number of rotatable bonds is 4. The van der Waals surface area contributed by atoms with Crippen molar-refractivity contribution < 1.29 is 9.18 Å². The third-order valence-corrected chi connectivity index (χ3v) is 6.19. The van der Waals surface area contributed by atoms with E-state index in [0.29, 0.717) is 18.4 Å². The molecule has 160 valence electrons. The molecule has 1 saturated heterocycles. The van der Waals surface area contributed by atoms with Gasteiger partial charge in [-0.15, -0.1) is 0 Å². The number of carbonyl (C=O) groups is 1. The summed E-state index contributed by atoms with van der Waals surface area (Å²) in [7, 11) is 0. The van der Waals surface area contributed by atoms with Crippen LogP contribution in [0.1, 0.15) is 18.1 Å². The monoisotopic (exact) mass is 420 g/mol. The fourth-order valence-electron chi connectivity index (χ4n) is 4.63. The van der Waals surface area contributed by atoms with Crippen molar-refractivity contribution in [3.05, 3.63) is 71.7 Å². The molecule has 2 aromatic rings. The summed E-state index contributed by atoms with van der Waals surface area (Å²) in [5.41, 5.74) is 2.86. The summed E-state index contributed by atoms with van der Waals surface area (Å²) in [6.45, 7) is 7.04. The van der Waals surface area contributed by atoms with Crippen LogP contribution < -0.4 is 10.2 Å². The molecule has 0 radical (unpaired) electrons. The van der Waals surface area contributed by atoms with Crippen molar-refractivity contribution >= 4 is 17.6 Å². The standard InChI is InChI=1S/C23H25FN6O/c1-15-8-18(24)5-6-20(15)29-13-21-26-22(27-23(31)30(21)14-29)19-12-28(10-16(19)2)11-17-4-3-7-25-9-17/h3-9,13,16,19H,10-12,14H2,1-2H3,(H,26,27,31). The molecule has 1 aromatic heterocycles. The average molecular weight is 420 g/mol. The van der Waals surface area contributed by atoms with Crippen LogP contribution >= 0.6 is 0 Å². The zero-order chi connectivity index (χ0) is 21.5. The highest BCUT2D eigenvalue weighted by Gasteiger charge is 2.39. The number of benzene rings is 1. The van der Waals surface area contributed by atoms with Gasteiger partial charge in [-0.05, 0) is 48.2 Å². The molecular formula is C23H25FN6O. The molecule has 0 saturated carbocycles. The summed E-state index contributed by atoms with van der Waals surface area (Å²) in [4.78, 5) is 27.8. The van der Waals surface area contributed by atoms with Crippen LogP contribution in [-0.4, -0.2) is 46.4 Å². The van der Waals surface area contributed by atoms with E-state index in [1.165, 1.54) is 17.7 Å². The van der Waals surface area contributed by atoms with E-state index in [1.807, 2.05) is 30.3 Å². The van der Waals surface area contributed by atoms with Crippen LogP contribution in [0.3, 0.4) is 0 Å². The Bertz CT molecular complexity index is 1070. The van der Waals surface area contributed by atoms with E-state index < -0.39 is 0 Å². The van der Waals surface area contributed by atoms with Gasteiger partial charge in [0.15, 0.2) is 5.82 Å². The SMILES string of the molecule is Cc1cc(F)ccc1N1C=C2N=C(C3CN(Cc4cccnc4)CC3C)NC(=O)N2C1. The van der Waals surface area contributed by atoms with Gasteiger partial charge in [0.05, 0.1) is 0 Å². The first kappa shape index (κ1) is 19.7. The summed E-state index contributed by atoms with van der Waals surface area (Å²) in [6.07, 6.45) is 5.54. The summed E-state index contributed by atoms with van der Waals surface area (Å²) in [6, 6.07) is 8.53. The van der Waals surface area contributed by atoms with Gasteiger partial charge in [-0.25, -0.2) is 14.2 Å². The van der Waals surface area contributed by atoms with Crippen molar-refractivity contribution in [3.8, 4) is 0 Å². The van der Waals surface area contributed by atoms with Gasteiger partial charge in [0.2, 0.25) is 0 Å². The summed E-state index contributed by atoms with van der Waals surface area (Å²) < 4.78 is 13.5. The third kappa shape index (κ3) is 3.79. The van der Waals surface area contributed by atoms with E-state index in [0.717, 1.165) is 36.7 Å². The van der Waals surface area contributed by atoms with Crippen LogP contribution in [0.25, 0.3) is 0 Å². The second-order valence-electron chi connectivity index (χ2n) is 8.52. The maximum absolute atomic E-state index is 13.5. The molecule has 4 heterocycles. The Hall–Kier alpha value is -3.26.